The molecule has 23 heavy (non-hydrogen) atoms. The molecule has 0 radical (unpaired) electrons. The summed E-state index contributed by atoms with van der Waals surface area (Å²) < 4.78 is 5.40. The largest absolute Gasteiger partial charge is 0.496 e. The molecular formula is C19H26N2O2. The average molecular weight is 314 g/mol. The summed E-state index contributed by atoms with van der Waals surface area (Å²) in [4.78, 5) is 14.6. The predicted octanol–water partition coefficient (Wildman–Crippen LogP) is 3.34. The van der Waals surface area contributed by atoms with Crippen LogP contribution in [0, 0.1) is 17.2 Å². The Morgan fingerprint density at radius 3 is 2.57 bits per heavy atom. The van der Waals surface area contributed by atoms with Gasteiger partial charge >= 0.3 is 0 Å². The maximum absolute atomic E-state index is 12.7. The number of ether oxygens (including phenoxy) is 1. The lowest BCUT2D eigenvalue weighted by atomic mass is 9.96. The number of methoxy groups -OCH3 is 1. The van der Waals surface area contributed by atoms with Gasteiger partial charge in [-0.05, 0) is 36.5 Å². The highest BCUT2D eigenvalue weighted by Crippen LogP contribution is 2.24. The number of likely N-dealkylation sites (tertiary alicyclic amines) is 1. The first-order valence-electron chi connectivity index (χ1n) is 8.53. The Bertz CT molecular complexity index is 569. The van der Waals surface area contributed by atoms with Crippen molar-refractivity contribution >= 4 is 5.91 Å². The second kappa shape index (κ2) is 8.57. The Morgan fingerprint density at radius 1 is 1.30 bits per heavy atom. The lowest BCUT2D eigenvalue weighted by Crippen LogP contribution is -2.37. The summed E-state index contributed by atoms with van der Waals surface area (Å²) in [6.07, 6.45) is 5.77. The molecule has 0 aliphatic carbocycles. The van der Waals surface area contributed by atoms with Crippen molar-refractivity contribution in [2.24, 2.45) is 5.92 Å². The molecule has 1 fully saturated rings. The highest BCUT2D eigenvalue weighted by Gasteiger charge is 2.26. The summed E-state index contributed by atoms with van der Waals surface area (Å²) in [5, 5.41) is 9.51. The summed E-state index contributed by atoms with van der Waals surface area (Å²) in [5.74, 6) is 0.0959. The number of nitriles is 1. The molecule has 1 heterocycles. The lowest BCUT2D eigenvalue weighted by molar-refractivity contribution is -0.133. The molecule has 0 N–H and O–H groups in total. The van der Waals surface area contributed by atoms with E-state index in [0.29, 0.717) is 6.42 Å². The number of carbonyl (C=O) groups is 1. The quantitative estimate of drug-likeness (QED) is 0.837. The van der Waals surface area contributed by atoms with Crippen molar-refractivity contribution in [1.82, 2.24) is 4.90 Å². The van der Waals surface area contributed by atoms with Crippen molar-refractivity contribution in [3.8, 4) is 11.8 Å². The van der Waals surface area contributed by atoms with E-state index < -0.39 is 5.92 Å². The number of benzene rings is 1. The molecule has 4 heteroatoms. The third-order valence-electron chi connectivity index (χ3n) is 4.55. The van der Waals surface area contributed by atoms with Crippen LogP contribution < -0.4 is 4.74 Å². The summed E-state index contributed by atoms with van der Waals surface area (Å²) >= 11 is 0. The van der Waals surface area contributed by atoms with E-state index >= 15 is 0 Å². The second-order valence-corrected chi connectivity index (χ2v) is 6.13. The first-order valence-corrected chi connectivity index (χ1v) is 8.53. The average Bonchev–Trinajstić information content (AvgIpc) is 2.88. The molecule has 1 aromatic rings. The summed E-state index contributed by atoms with van der Waals surface area (Å²) in [7, 11) is 1.63. The topological polar surface area (TPSA) is 53.3 Å². The Balaban J connectivity index is 2.15. The van der Waals surface area contributed by atoms with E-state index in [2.05, 4.69) is 19.1 Å². The monoisotopic (exact) mass is 314 g/mol. The van der Waals surface area contributed by atoms with Crippen molar-refractivity contribution in [2.45, 2.75) is 45.4 Å². The molecule has 0 saturated carbocycles. The van der Waals surface area contributed by atoms with Gasteiger partial charge in [-0.1, -0.05) is 31.9 Å². The third kappa shape index (κ3) is 4.48. The molecule has 2 rings (SSSR count). The van der Waals surface area contributed by atoms with E-state index in [9.17, 15) is 10.1 Å². The maximum Gasteiger partial charge on any atom is 0.240 e. The minimum Gasteiger partial charge on any atom is -0.496 e. The van der Waals surface area contributed by atoms with E-state index in [1.54, 1.807) is 7.11 Å². The fraction of sp³-hybridized carbons (Fsp3) is 0.579. The fourth-order valence-corrected chi connectivity index (χ4v) is 3.13. The summed E-state index contributed by atoms with van der Waals surface area (Å²) in [6, 6.07) is 8.22. The minimum absolute atomic E-state index is 0.0293. The highest BCUT2D eigenvalue weighted by molar-refractivity contribution is 5.81. The molecular weight excluding hydrogens is 288 g/mol. The van der Waals surface area contributed by atoms with E-state index in [0.717, 1.165) is 43.7 Å². The molecule has 1 unspecified atom stereocenters. The van der Waals surface area contributed by atoms with Gasteiger partial charge in [0.25, 0.3) is 0 Å². The van der Waals surface area contributed by atoms with Crippen LogP contribution in [-0.2, 0) is 17.6 Å². The van der Waals surface area contributed by atoms with Gasteiger partial charge in [0.2, 0.25) is 5.91 Å². The lowest BCUT2D eigenvalue weighted by Gasteiger charge is -2.23. The van der Waals surface area contributed by atoms with Crippen LogP contribution in [0.5, 0.6) is 5.75 Å². The maximum atomic E-state index is 12.7. The highest BCUT2D eigenvalue weighted by atomic mass is 16.5. The second-order valence-electron chi connectivity index (χ2n) is 6.13. The van der Waals surface area contributed by atoms with E-state index in [-0.39, 0.29) is 5.91 Å². The van der Waals surface area contributed by atoms with Gasteiger partial charge in [-0.25, -0.2) is 0 Å². The van der Waals surface area contributed by atoms with Gasteiger partial charge in [-0.15, -0.1) is 0 Å². The predicted molar refractivity (Wildman–Crippen MR) is 90.2 cm³/mol. The number of rotatable bonds is 5. The van der Waals surface area contributed by atoms with Gasteiger partial charge in [0, 0.05) is 19.5 Å². The molecule has 4 nitrogen and oxygen atoms in total. The van der Waals surface area contributed by atoms with Gasteiger partial charge in [0.05, 0.1) is 13.2 Å². The van der Waals surface area contributed by atoms with E-state index in [4.69, 9.17) is 4.74 Å². The van der Waals surface area contributed by atoms with Gasteiger partial charge in [-0.3, -0.25) is 4.79 Å². The van der Waals surface area contributed by atoms with Crippen molar-refractivity contribution in [3.05, 3.63) is 29.3 Å². The van der Waals surface area contributed by atoms with Crippen molar-refractivity contribution in [1.29, 1.82) is 5.26 Å². The van der Waals surface area contributed by atoms with Crippen LogP contribution in [-0.4, -0.2) is 31.0 Å². The van der Waals surface area contributed by atoms with Crippen LogP contribution in [0.2, 0.25) is 0 Å². The number of hydrogen-bond acceptors (Lipinski definition) is 3. The van der Waals surface area contributed by atoms with Crippen LogP contribution in [0.3, 0.4) is 0 Å². The molecule has 0 spiro atoms. The summed E-state index contributed by atoms with van der Waals surface area (Å²) in [6.45, 7) is 3.65. The number of amides is 1. The van der Waals surface area contributed by atoms with Gasteiger partial charge in [0.15, 0.2) is 0 Å². The molecule has 1 aliphatic heterocycles. The molecule has 1 amide bonds. The Kier molecular flexibility index (Phi) is 6.46. The zero-order chi connectivity index (χ0) is 16.7. The SMILES string of the molecule is CCc1ccc(OC)c(CC(C#N)C(=O)N2CCCCCC2)c1. The standard InChI is InChI=1S/C19H26N2O2/c1-3-15-8-9-18(23-2)16(12-15)13-17(14-20)19(22)21-10-6-4-5-7-11-21/h8-9,12,17H,3-7,10-11,13H2,1-2H3. The molecule has 1 atom stereocenters. The molecule has 0 aromatic heterocycles. The van der Waals surface area contributed by atoms with Crippen molar-refractivity contribution < 1.29 is 9.53 Å². The Labute approximate surface area is 139 Å². The van der Waals surface area contributed by atoms with Crippen LogP contribution in [0.25, 0.3) is 0 Å². The zero-order valence-corrected chi connectivity index (χ0v) is 14.2. The number of hydrogen-bond donors (Lipinski definition) is 0. The normalized spacial score (nSPS) is 16.3. The van der Waals surface area contributed by atoms with E-state index in [1.165, 1.54) is 18.4 Å². The van der Waals surface area contributed by atoms with E-state index in [1.807, 2.05) is 17.0 Å². The molecule has 1 saturated heterocycles. The number of nitrogens with zero attached hydrogens (tertiary/aromatic N) is 2. The van der Waals surface area contributed by atoms with Crippen molar-refractivity contribution in [2.75, 3.05) is 20.2 Å². The number of aryl methyl sites for hydroxylation is 1. The first kappa shape index (κ1) is 17.3. The van der Waals surface area contributed by atoms with Crippen molar-refractivity contribution in [3.63, 3.8) is 0 Å². The minimum atomic E-state index is -0.630. The third-order valence-corrected chi connectivity index (χ3v) is 4.55. The Hall–Kier alpha value is -2.02. The van der Waals surface area contributed by atoms with Gasteiger partial charge in [-0.2, -0.15) is 5.26 Å². The molecule has 124 valence electrons. The smallest absolute Gasteiger partial charge is 0.240 e. The summed E-state index contributed by atoms with van der Waals surface area (Å²) in [5.41, 5.74) is 2.14. The zero-order valence-electron chi connectivity index (χ0n) is 14.2. The molecule has 1 aromatic carbocycles. The molecule has 0 bridgehead atoms. The Morgan fingerprint density at radius 2 is 2.00 bits per heavy atom. The first-order chi connectivity index (χ1) is 11.2. The van der Waals surface area contributed by atoms with Gasteiger partial charge in [0.1, 0.15) is 11.7 Å². The van der Waals surface area contributed by atoms with Crippen LogP contribution in [0.15, 0.2) is 18.2 Å². The van der Waals surface area contributed by atoms with Crippen LogP contribution >= 0.6 is 0 Å². The van der Waals surface area contributed by atoms with Crippen LogP contribution in [0.1, 0.15) is 43.7 Å². The number of carbonyl (C=O) groups excluding carboxylic acids is 1. The van der Waals surface area contributed by atoms with Gasteiger partial charge < -0.3 is 9.64 Å². The fourth-order valence-electron chi connectivity index (χ4n) is 3.13. The van der Waals surface area contributed by atoms with Crippen LogP contribution in [0.4, 0.5) is 0 Å². The molecule has 1 aliphatic rings.